The molecule has 0 amide bonds. The van der Waals surface area contributed by atoms with Gasteiger partial charge in [0.25, 0.3) is 0 Å². The maximum Gasteiger partial charge on any atom is 0.306 e. The molecule has 1 atom stereocenters. The Balaban J connectivity index is 4.23. The first-order valence-electron chi connectivity index (χ1n) is 31.3. The van der Waals surface area contributed by atoms with Crippen molar-refractivity contribution in [3.63, 3.8) is 0 Å². The largest absolute Gasteiger partial charge is 0.462 e. The smallest absolute Gasteiger partial charge is 0.306 e. The fourth-order valence-electron chi connectivity index (χ4n) is 8.18. The van der Waals surface area contributed by atoms with Crippen LogP contribution in [0.1, 0.15) is 265 Å². The summed E-state index contributed by atoms with van der Waals surface area (Å²) < 4.78 is 16.8. The fraction of sp³-hybridized carbons (Fsp3) is 0.620. The van der Waals surface area contributed by atoms with Gasteiger partial charge in [-0.25, -0.2) is 0 Å². The highest BCUT2D eigenvalue weighted by Crippen LogP contribution is 2.15. The van der Waals surface area contributed by atoms with E-state index in [1.165, 1.54) is 64.2 Å². The summed E-state index contributed by atoms with van der Waals surface area (Å²) in [6.45, 7) is 6.30. The van der Waals surface area contributed by atoms with E-state index in [2.05, 4.69) is 167 Å². The second-order valence-electron chi connectivity index (χ2n) is 20.2. The quantitative estimate of drug-likeness (QED) is 0.0261. The number of hydrogen-bond acceptors (Lipinski definition) is 6. The Morgan fingerprint density at radius 2 is 0.506 bits per heavy atom. The summed E-state index contributed by atoms with van der Waals surface area (Å²) in [6.07, 6.45) is 91.5. The van der Waals surface area contributed by atoms with E-state index < -0.39 is 6.10 Å². The Bertz CT molecular complexity index is 1700. The van der Waals surface area contributed by atoms with Gasteiger partial charge in [0, 0.05) is 19.3 Å². The number of ether oxygens (including phenoxy) is 3. The van der Waals surface area contributed by atoms with Crippen LogP contribution >= 0.6 is 0 Å². The minimum atomic E-state index is -0.805. The van der Waals surface area contributed by atoms with Gasteiger partial charge in [0.2, 0.25) is 0 Å². The molecule has 6 nitrogen and oxygen atoms in total. The van der Waals surface area contributed by atoms with E-state index in [0.717, 1.165) is 161 Å². The third-order valence-electron chi connectivity index (χ3n) is 12.8. The second-order valence-corrected chi connectivity index (χ2v) is 20.2. The summed E-state index contributed by atoms with van der Waals surface area (Å²) in [6, 6.07) is 0. The van der Waals surface area contributed by atoms with E-state index in [1.807, 2.05) is 0 Å². The molecule has 0 aromatic carbocycles. The number of carbonyl (C=O) groups is 3. The molecule has 0 saturated heterocycles. The Hall–Kier alpha value is -4.71. The minimum absolute atomic E-state index is 0.1000. The molecule has 0 bridgehead atoms. The van der Waals surface area contributed by atoms with Crippen molar-refractivity contribution < 1.29 is 28.6 Å². The number of hydrogen-bond donors (Lipinski definition) is 0. The zero-order valence-electron chi connectivity index (χ0n) is 49.7. The van der Waals surface area contributed by atoms with Crippen LogP contribution in [0.5, 0.6) is 0 Å². The second kappa shape index (κ2) is 63.8. The third kappa shape index (κ3) is 62.0. The molecule has 77 heavy (non-hydrogen) atoms. The summed E-state index contributed by atoms with van der Waals surface area (Å²) in [7, 11) is 0. The van der Waals surface area contributed by atoms with Gasteiger partial charge in [-0.1, -0.05) is 256 Å². The van der Waals surface area contributed by atoms with Crippen LogP contribution in [-0.2, 0) is 28.6 Å². The van der Waals surface area contributed by atoms with Gasteiger partial charge in [-0.05, 0) is 135 Å². The Kier molecular flexibility index (Phi) is 59.9. The van der Waals surface area contributed by atoms with Gasteiger partial charge in [-0.2, -0.15) is 0 Å². The topological polar surface area (TPSA) is 78.9 Å². The number of allylic oxidation sites excluding steroid dienone is 24. The van der Waals surface area contributed by atoms with Gasteiger partial charge in [0.15, 0.2) is 6.10 Å². The van der Waals surface area contributed by atoms with Gasteiger partial charge in [-0.15, -0.1) is 0 Å². The molecule has 6 heteroatoms. The number of esters is 3. The summed E-state index contributed by atoms with van der Waals surface area (Å²) in [5.74, 6) is -0.950. The van der Waals surface area contributed by atoms with Crippen molar-refractivity contribution in [2.24, 2.45) is 0 Å². The van der Waals surface area contributed by atoms with Gasteiger partial charge in [0.05, 0.1) is 0 Å². The Labute approximate surface area is 474 Å². The van der Waals surface area contributed by atoms with E-state index in [4.69, 9.17) is 14.2 Å². The highest BCUT2D eigenvalue weighted by atomic mass is 16.6. The van der Waals surface area contributed by atoms with Gasteiger partial charge < -0.3 is 14.2 Å². The van der Waals surface area contributed by atoms with E-state index in [9.17, 15) is 14.4 Å². The maximum absolute atomic E-state index is 12.8. The Morgan fingerprint density at radius 3 is 0.805 bits per heavy atom. The molecule has 0 aliphatic heterocycles. The molecule has 0 spiro atoms. The lowest BCUT2D eigenvalue weighted by molar-refractivity contribution is -0.167. The van der Waals surface area contributed by atoms with Crippen molar-refractivity contribution in [3.05, 3.63) is 146 Å². The van der Waals surface area contributed by atoms with E-state index in [1.54, 1.807) is 0 Å². The number of rotatable bonds is 55. The molecule has 0 saturated carbocycles. The lowest BCUT2D eigenvalue weighted by Gasteiger charge is -2.18. The maximum atomic E-state index is 12.8. The highest BCUT2D eigenvalue weighted by molar-refractivity contribution is 5.71. The monoisotopic (exact) mass is 1060 g/mol. The molecule has 0 aliphatic rings. The van der Waals surface area contributed by atoms with Crippen LogP contribution in [0.2, 0.25) is 0 Å². The molecule has 0 heterocycles. The summed E-state index contributed by atoms with van der Waals surface area (Å²) in [5.41, 5.74) is 0. The van der Waals surface area contributed by atoms with Crippen molar-refractivity contribution in [2.45, 2.75) is 271 Å². The van der Waals surface area contributed by atoms with Crippen molar-refractivity contribution in [1.29, 1.82) is 0 Å². The highest BCUT2D eigenvalue weighted by Gasteiger charge is 2.19. The molecule has 0 rings (SSSR count). The van der Waals surface area contributed by atoms with E-state index >= 15 is 0 Å². The van der Waals surface area contributed by atoms with Crippen LogP contribution in [0.15, 0.2) is 146 Å². The molecule has 434 valence electrons. The molecule has 0 aliphatic carbocycles. The predicted octanol–water partition coefficient (Wildman–Crippen LogP) is 21.5. The van der Waals surface area contributed by atoms with E-state index in [-0.39, 0.29) is 37.5 Å². The average Bonchev–Trinajstić information content (AvgIpc) is 3.43. The van der Waals surface area contributed by atoms with Gasteiger partial charge >= 0.3 is 17.9 Å². The number of unbranched alkanes of at least 4 members (excludes halogenated alkanes) is 20. The summed E-state index contributed by atoms with van der Waals surface area (Å²) in [5, 5.41) is 0. The average molecular weight is 1060 g/mol. The molecule has 0 radical (unpaired) electrons. The lowest BCUT2D eigenvalue weighted by Crippen LogP contribution is -2.30. The number of carbonyl (C=O) groups excluding carboxylic acids is 3. The first-order valence-corrected chi connectivity index (χ1v) is 31.3. The van der Waals surface area contributed by atoms with Gasteiger partial charge in [0.1, 0.15) is 13.2 Å². The SMILES string of the molecule is CC/C=C\C/C=C\C/C=C\C/C=C\C/C=C\C/C=C\C/C=C\CCCCCCCCCCCCCC(=O)OCC(COC(=O)CCCCCCC/C=C\C/C=C\CCC)OC(=O)CCCCC/C=C\C/C=C\C/C=C\CC. The normalized spacial score (nSPS) is 13.1. The molecular formula is C71H114O6. The van der Waals surface area contributed by atoms with Gasteiger partial charge in [-0.3, -0.25) is 14.4 Å². The van der Waals surface area contributed by atoms with Crippen LogP contribution in [0.25, 0.3) is 0 Å². The van der Waals surface area contributed by atoms with E-state index in [0.29, 0.717) is 12.8 Å². The molecule has 0 fully saturated rings. The summed E-state index contributed by atoms with van der Waals surface area (Å²) in [4.78, 5) is 38.2. The van der Waals surface area contributed by atoms with Crippen LogP contribution in [0.3, 0.4) is 0 Å². The van der Waals surface area contributed by atoms with Crippen LogP contribution in [0.4, 0.5) is 0 Å². The first kappa shape index (κ1) is 72.3. The zero-order valence-corrected chi connectivity index (χ0v) is 49.7. The third-order valence-corrected chi connectivity index (χ3v) is 12.8. The molecular weight excluding hydrogens is 949 g/mol. The van der Waals surface area contributed by atoms with Crippen LogP contribution in [-0.4, -0.2) is 37.2 Å². The predicted molar refractivity (Wildman–Crippen MR) is 334 cm³/mol. The molecule has 0 aromatic heterocycles. The molecule has 0 N–H and O–H groups in total. The van der Waals surface area contributed by atoms with Crippen LogP contribution < -0.4 is 0 Å². The lowest BCUT2D eigenvalue weighted by atomic mass is 10.0. The molecule has 0 aromatic rings. The first-order chi connectivity index (χ1) is 38.0. The summed E-state index contributed by atoms with van der Waals surface area (Å²) >= 11 is 0. The van der Waals surface area contributed by atoms with Crippen molar-refractivity contribution in [1.82, 2.24) is 0 Å². The standard InChI is InChI=1S/C71H114O6/c1-4-7-10-13-16-19-22-25-26-27-28-29-30-31-32-33-34-35-36-37-38-39-40-41-42-43-44-47-49-52-55-58-61-64-70(73)76-67-68(77-71(74)65-62-59-56-53-50-46-24-21-18-15-12-9-6-3)66-75-69(72)63-60-57-54-51-48-45-23-20-17-14-11-8-5-2/h7,9-12,14,16,18-21,23,25-26,28-29,31-32,34-35,37-38,46,50,68H,4-6,8,13,15,17,22,24,27,30,33,36,39-45,47-49,51-67H2,1-3H3/b10-7-,12-9-,14-11-,19-16-,21-18-,23-20-,26-25-,29-28-,32-31-,35-34-,38-37-,50-46-. The zero-order chi connectivity index (χ0) is 55.7. The van der Waals surface area contributed by atoms with Crippen LogP contribution in [0, 0.1) is 0 Å². The fourth-order valence-corrected chi connectivity index (χ4v) is 8.18. The Morgan fingerprint density at radius 1 is 0.273 bits per heavy atom. The van der Waals surface area contributed by atoms with Crippen molar-refractivity contribution in [2.75, 3.05) is 13.2 Å². The van der Waals surface area contributed by atoms with Crippen molar-refractivity contribution in [3.8, 4) is 0 Å². The molecule has 1 unspecified atom stereocenters. The minimum Gasteiger partial charge on any atom is -0.462 e. The van der Waals surface area contributed by atoms with Crippen molar-refractivity contribution >= 4 is 17.9 Å².